The van der Waals surface area contributed by atoms with Crippen LogP contribution in [0.4, 0.5) is 5.69 Å². The summed E-state index contributed by atoms with van der Waals surface area (Å²) in [4.78, 5) is 11.2. The van der Waals surface area contributed by atoms with Gasteiger partial charge in [0.15, 0.2) is 0 Å². The van der Waals surface area contributed by atoms with Gasteiger partial charge in [-0.15, -0.1) is 0 Å². The Hall–Kier alpha value is -1.51. The van der Waals surface area contributed by atoms with Gasteiger partial charge < -0.3 is 10.1 Å². The van der Waals surface area contributed by atoms with Gasteiger partial charge in [-0.1, -0.05) is 17.7 Å². The predicted octanol–water partition coefficient (Wildman–Crippen LogP) is 2.28. The first-order valence-electron chi connectivity index (χ1n) is 4.96. The van der Waals surface area contributed by atoms with Crippen LogP contribution in [-0.2, 0) is 9.53 Å². The second kappa shape index (κ2) is 4.82. The zero-order chi connectivity index (χ0) is 11.4. The van der Waals surface area contributed by atoms with Crippen LogP contribution in [0.1, 0.15) is 18.1 Å². The Morgan fingerprint density at radius 3 is 2.60 bits per heavy atom. The normalized spacial score (nSPS) is 12.0. The van der Waals surface area contributed by atoms with Crippen LogP contribution in [0.15, 0.2) is 18.2 Å². The number of nitrogens with one attached hydrogen (secondary N) is 1. The lowest BCUT2D eigenvalue weighted by atomic mass is 10.1. The fraction of sp³-hybridized carbons (Fsp3) is 0.417. The van der Waals surface area contributed by atoms with E-state index in [0.717, 1.165) is 11.3 Å². The first-order chi connectivity index (χ1) is 7.04. The average molecular weight is 207 g/mol. The molecule has 0 saturated carbocycles. The fourth-order valence-corrected chi connectivity index (χ4v) is 1.44. The van der Waals surface area contributed by atoms with E-state index in [1.165, 1.54) is 12.7 Å². The largest absolute Gasteiger partial charge is 0.467 e. The van der Waals surface area contributed by atoms with E-state index in [1.54, 1.807) is 6.92 Å². The number of ether oxygens (including phenoxy) is 1. The van der Waals surface area contributed by atoms with E-state index in [9.17, 15) is 4.79 Å². The molecule has 0 unspecified atom stereocenters. The molecule has 0 saturated heterocycles. The van der Waals surface area contributed by atoms with Crippen LogP contribution in [0, 0.1) is 13.8 Å². The Kier molecular flexibility index (Phi) is 3.72. The molecule has 0 bridgehead atoms. The summed E-state index contributed by atoms with van der Waals surface area (Å²) in [6.45, 7) is 5.84. The lowest BCUT2D eigenvalue weighted by molar-refractivity contribution is -0.141. The molecule has 1 atom stereocenters. The summed E-state index contributed by atoms with van der Waals surface area (Å²) in [6.07, 6.45) is 0. The summed E-state index contributed by atoms with van der Waals surface area (Å²) in [7, 11) is 1.39. The third kappa shape index (κ3) is 2.98. The van der Waals surface area contributed by atoms with Gasteiger partial charge in [-0.2, -0.15) is 0 Å². The Balaban J connectivity index is 2.76. The molecule has 3 nitrogen and oxygen atoms in total. The summed E-state index contributed by atoms with van der Waals surface area (Å²) in [5.41, 5.74) is 3.31. The molecule has 3 heteroatoms. The van der Waals surface area contributed by atoms with Crippen LogP contribution in [-0.4, -0.2) is 19.1 Å². The lowest BCUT2D eigenvalue weighted by Crippen LogP contribution is -2.27. The summed E-state index contributed by atoms with van der Waals surface area (Å²) >= 11 is 0. The SMILES string of the molecule is COC(=O)[C@@H](C)Nc1ccc(C)cc1C. The minimum atomic E-state index is -0.323. The smallest absolute Gasteiger partial charge is 0.327 e. The number of carbonyl (C=O) groups excluding carboxylic acids is 1. The molecule has 0 aromatic heterocycles. The highest BCUT2D eigenvalue weighted by Crippen LogP contribution is 2.17. The van der Waals surface area contributed by atoms with Gasteiger partial charge >= 0.3 is 5.97 Å². The van der Waals surface area contributed by atoms with Crippen molar-refractivity contribution in [2.75, 3.05) is 12.4 Å². The molecule has 15 heavy (non-hydrogen) atoms. The number of benzene rings is 1. The van der Waals surface area contributed by atoms with Crippen molar-refractivity contribution in [3.63, 3.8) is 0 Å². The van der Waals surface area contributed by atoms with Crippen molar-refractivity contribution in [3.05, 3.63) is 29.3 Å². The van der Waals surface area contributed by atoms with Gasteiger partial charge in [0.25, 0.3) is 0 Å². The maximum atomic E-state index is 11.2. The van der Waals surface area contributed by atoms with Crippen LogP contribution in [0.2, 0.25) is 0 Å². The van der Waals surface area contributed by atoms with Gasteiger partial charge in [0.1, 0.15) is 6.04 Å². The molecular formula is C12H17NO2. The minimum Gasteiger partial charge on any atom is -0.467 e. The highest BCUT2D eigenvalue weighted by Gasteiger charge is 2.12. The van der Waals surface area contributed by atoms with Gasteiger partial charge in [0.05, 0.1) is 7.11 Å². The maximum Gasteiger partial charge on any atom is 0.327 e. The Labute approximate surface area is 90.4 Å². The first-order valence-corrected chi connectivity index (χ1v) is 4.96. The van der Waals surface area contributed by atoms with Crippen molar-refractivity contribution in [2.24, 2.45) is 0 Å². The summed E-state index contributed by atoms with van der Waals surface area (Å²) in [5.74, 6) is -0.255. The summed E-state index contributed by atoms with van der Waals surface area (Å²) < 4.78 is 4.65. The van der Waals surface area contributed by atoms with E-state index in [1.807, 2.05) is 26.0 Å². The molecule has 1 aromatic carbocycles. The zero-order valence-electron chi connectivity index (χ0n) is 9.63. The number of carbonyl (C=O) groups is 1. The highest BCUT2D eigenvalue weighted by atomic mass is 16.5. The summed E-state index contributed by atoms with van der Waals surface area (Å²) in [6, 6.07) is 5.74. The molecule has 0 aliphatic rings. The number of rotatable bonds is 3. The Morgan fingerprint density at radius 2 is 2.07 bits per heavy atom. The quantitative estimate of drug-likeness (QED) is 0.773. The van der Waals surface area contributed by atoms with Crippen molar-refractivity contribution in [1.82, 2.24) is 0 Å². The lowest BCUT2D eigenvalue weighted by Gasteiger charge is -2.15. The van der Waals surface area contributed by atoms with Gasteiger partial charge in [-0.3, -0.25) is 0 Å². The molecule has 0 heterocycles. The maximum absolute atomic E-state index is 11.2. The monoisotopic (exact) mass is 207 g/mol. The summed E-state index contributed by atoms with van der Waals surface area (Å²) in [5, 5.41) is 3.11. The van der Waals surface area contributed by atoms with Crippen molar-refractivity contribution in [1.29, 1.82) is 0 Å². The Morgan fingerprint density at radius 1 is 1.40 bits per heavy atom. The molecule has 0 amide bonds. The number of hydrogen-bond donors (Lipinski definition) is 1. The van der Waals surface area contributed by atoms with Crippen LogP contribution in [0.3, 0.4) is 0 Å². The van der Waals surface area contributed by atoms with Gasteiger partial charge in [0, 0.05) is 5.69 Å². The van der Waals surface area contributed by atoms with Crippen LogP contribution in [0.25, 0.3) is 0 Å². The topological polar surface area (TPSA) is 38.3 Å². The molecule has 0 spiro atoms. The molecule has 82 valence electrons. The van der Waals surface area contributed by atoms with E-state index in [4.69, 9.17) is 0 Å². The highest BCUT2D eigenvalue weighted by molar-refractivity contribution is 5.79. The average Bonchev–Trinajstić information content (AvgIpc) is 2.20. The van der Waals surface area contributed by atoms with Gasteiger partial charge in [0.2, 0.25) is 0 Å². The zero-order valence-corrected chi connectivity index (χ0v) is 9.63. The van der Waals surface area contributed by atoms with E-state index >= 15 is 0 Å². The van der Waals surface area contributed by atoms with Crippen LogP contribution >= 0.6 is 0 Å². The number of aryl methyl sites for hydroxylation is 2. The predicted molar refractivity (Wildman–Crippen MR) is 61.0 cm³/mol. The standard InChI is InChI=1S/C12H17NO2/c1-8-5-6-11(9(2)7-8)13-10(3)12(14)15-4/h5-7,10,13H,1-4H3/t10-/m1/s1. The van der Waals surface area contributed by atoms with Gasteiger partial charge in [-0.25, -0.2) is 4.79 Å². The number of esters is 1. The van der Waals surface area contributed by atoms with E-state index < -0.39 is 0 Å². The molecule has 1 rings (SSSR count). The molecule has 1 aromatic rings. The molecule has 1 N–H and O–H groups in total. The Bertz CT molecular complexity index is 361. The van der Waals surface area contributed by atoms with E-state index in [2.05, 4.69) is 16.1 Å². The van der Waals surface area contributed by atoms with Crippen molar-refractivity contribution < 1.29 is 9.53 Å². The van der Waals surface area contributed by atoms with Crippen LogP contribution in [0.5, 0.6) is 0 Å². The van der Waals surface area contributed by atoms with E-state index in [-0.39, 0.29) is 12.0 Å². The second-order valence-corrected chi connectivity index (χ2v) is 3.71. The second-order valence-electron chi connectivity index (χ2n) is 3.71. The van der Waals surface area contributed by atoms with Crippen molar-refractivity contribution in [3.8, 4) is 0 Å². The van der Waals surface area contributed by atoms with Crippen molar-refractivity contribution in [2.45, 2.75) is 26.8 Å². The van der Waals surface area contributed by atoms with Crippen LogP contribution < -0.4 is 5.32 Å². The molecule has 0 aliphatic carbocycles. The minimum absolute atomic E-state index is 0.255. The van der Waals surface area contributed by atoms with Gasteiger partial charge in [-0.05, 0) is 32.4 Å². The fourth-order valence-electron chi connectivity index (χ4n) is 1.44. The first kappa shape index (κ1) is 11.6. The number of hydrogen-bond acceptors (Lipinski definition) is 3. The van der Waals surface area contributed by atoms with Crippen molar-refractivity contribution >= 4 is 11.7 Å². The number of methoxy groups -OCH3 is 1. The van der Waals surface area contributed by atoms with E-state index in [0.29, 0.717) is 0 Å². The third-order valence-electron chi connectivity index (χ3n) is 2.31. The number of anilines is 1. The molecule has 0 aliphatic heterocycles. The molecular weight excluding hydrogens is 190 g/mol. The molecule has 0 fully saturated rings. The molecule has 0 radical (unpaired) electrons. The third-order valence-corrected chi connectivity index (χ3v) is 2.31.